The Morgan fingerprint density at radius 3 is 2.80 bits per heavy atom. The minimum atomic E-state index is -0.937. The molecule has 1 fully saturated rings. The largest absolute Gasteiger partial charge is 0.481 e. The van der Waals surface area contributed by atoms with Crippen molar-refractivity contribution < 1.29 is 19.4 Å². The summed E-state index contributed by atoms with van der Waals surface area (Å²) < 4.78 is 5.03. The number of amides is 1. The van der Waals surface area contributed by atoms with Gasteiger partial charge in [0.15, 0.2) is 0 Å². The zero-order chi connectivity index (χ0) is 18.4. The van der Waals surface area contributed by atoms with Crippen molar-refractivity contribution in [3.8, 4) is 5.88 Å². The summed E-state index contributed by atoms with van der Waals surface area (Å²) in [4.78, 5) is 29.8. The van der Waals surface area contributed by atoms with Crippen LogP contribution in [-0.4, -0.2) is 40.5 Å². The van der Waals surface area contributed by atoms with Crippen LogP contribution < -0.4 is 4.74 Å². The van der Waals surface area contributed by atoms with E-state index in [1.165, 1.54) is 7.11 Å². The van der Waals surface area contributed by atoms with Crippen molar-refractivity contribution >= 4 is 11.9 Å². The molecule has 1 aromatic heterocycles. The molecule has 25 heavy (non-hydrogen) atoms. The smallest absolute Gasteiger partial charge is 0.305 e. The van der Waals surface area contributed by atoms with Crippen LogP contribution in [0.3, 0.4) is 0 Å². The number of hydrogen-bond donors (Lipinski definition) is 1. The van der Waals surface area contributed by atoms with Gasteiger partial charge in [-0.25, -0.2) is 4.98 Å². The van der Waals surface area contributed by atoms with E-state index in [-0.39, 0.29) is 12.3 Å². The van der Waals surface area contributed by atoms with Gasteiger partial charge in [0.1, 0.15) is 0 Å². The van der Waals surface area contributed by atoms with Gasteiger partial charge in [-0.3, -0.25) is 9.59 Å². The molecular weight excluding hydrogens is 320 g/mol. The molecule has 1 aliphatic heterocycles. The van der Waals surface area contributed by atoms with Crippen molar-refractivity contribution in [3.05, 3.63) is 36.5 Å². The van der Waals surface area contributed by atoms with Gasteiger partial charge in [0, 0.05) is 18.8 Å². The third-order valence-electron chi connectivity index (χ3n) is 4.78. The maximum atomic E-state index is 12.7. The Morgan fingerprint density at radius 1 is 1.52 bits per heavy atom. The Balaban J connectivity index is 2.07. The van der Waals surface area contributed by atoms with Crippen LogP contribution in [0.5, 0.6) is 5.88 Å². The van der Waals surface area contributed by atoms with Gasteiger partial charge < -0.3 is 14.7 Å². The molecule has 1 aliphatic rings. The van der Waals surface area contributed by atoms with E-state index in [4.69, 9.17) is 4.74 Å². The molecule has 1 aromatic rings. The van der Waals surface area contributed by atoms with E-state index in [0.29, 0.717) is 18.0 Å². The monoisotopic (exact) mass is 346 g/mol. The molecule has 136 valence electrons. The molecule has 2 heterocycles. The molecular formula is C19H26N2O4. The lowest BCUT2D eigenvalue weighted by atomic mass is 9.74. The van der Waals surface area contributed by atoms with Crippen molar-refractivity contribution in [3.63, 3.8) is 0 Å². The second-order valence-corrected chi connectivity index (χ2v) is 6.78. The van der Waals surface area contributed by atoms with E-state index in [1.807, 2.05) is 13.0 Å². The number of aliphatic carboxylic acids is 1. The van der Waals surface area contributed by atoms with Crippen LogP contribution in [0.25, 0.3) is 0 Å². The maximum Gasteiger partial charge on any atom is 0.305 e. The van der Waals surface area contributed by atoms with Crippen LogP contribution in [0, 0.1) is 5.41 Å². The lowest BCUT2D eigenvalue weighted by Gasteiger charge is -2.50. The van der Waals surface area contributed by atoms with E-state index in [1.54, 1.807) is 23.2 Å². The number of carbonyl (C=O) groups excluding carboxylic acids is 1. The van der Waals surface area contributed by atoms with Crippen LogP contribution in [0.2, 0.25) is 0 Å². The molecule has 6 heteroatoms. The molecule has 0 spiro atoms. The maximum absolute atomic E-state index is 12.7. The number of carbonyl (C=O) groups is 2. The molecule has 2 rings (SSSR count). The normalized spacial score (nSPS) is 20.7. The lowest BCUT2D eigenvalue weighted by Crippen LogP contribution is -2.61. The number of methoxy groups -OCH3 is 1. The second-order valence-electron chi connectivity index (χ2n) is 6.78. The second kappa shape index (κ2) is 8.14. The standard InChI is InChI=1S/C19H26N2O4/c1-4-5-6-7-10-19(2)13-21(18(19)24)15(11-17(22)23)14-8-9-16(25-3)20-12-14/h4,8-9,12,15H,1,5-7,10-11,13H2,2-3H3,(H,22,23)/t15-,19?/m0/s1. The number of carboxylic acid groups (broad SMARTS) is 1. The quantitative estimate of drug-likeness (QED) is 0.400. The van der Waals surface area contributed by atoms with E-state index >= 15 is 0 Å². The van der Waals surface area contributed by atoms with Gasteiger partial charge in [-0.05, 0) is 31.7 Å². The number of nitrogens with zero attached hydrogens (tertiary/aromatic N) is 2. The highest BCUT2D eigenvalue weighted by Gasteiger charge is 2.50. The van der Waals surface area contributed by atoms with Gasteiger partial charge in [0.2, 0.25) is 11.8 Å². The average molecular weight is 346 g/mol. The minimum absolute atomic E-state index is 0.0215. The molecule has 1 amide bonds. The number of aromatic nitrogens is 1. The molecule has 1 N–H and O–H groups in total. The Hall–Kier alpha value is -2.37. The van der Waals surface area contributed by atoms with Gasteiger partial charge in [0.05, 0.1) is 25.0 Å². The van der Waals surface area contributed by atoms with Crippen LogP contribution in [0.1, 0.15) is 50.6 Å². The third-order valence-corrected chi connectivity index (χ3v) is 4.78. The molecule has 1 unspecified atom stereocenters. The minimum Gasteiger partial charge on any atom is -0.481 e. The van der Waals surface area contributed by atoms with Gasteiger partial charge in [-0.2, -0.15) is 0 Å². The summed E-state index contributed by atoms with van der Waals surface area (Å²) in [6, 6.07) is 2.96. The number of rotatable bonds is 10. The van der Waals surface area contributed by atoms with E-state index < -0.39 is 17.4 Å². The first-order valence-corrected chi connectivity index (χ1v) is 8.55. The number of allylic oxidation sites excluding steroid dienone is 1. The SMILES string of the molecule is C=CCCCCC1(C)CN([C@@H](CC(=O)O)c2ccc(OC)nc2)C1=O. The fraction of sp³-hybridized carbons (Fsp3) is 0.526. The predicted octanol–water partition coefficient (Wildman–Crippen LogP) is 3.20. The van der Waals surface area contributed by atoms with Crippen LogP contribution >= 0.6 is 0 Å². The van der Waals surface area contributed by atoms with Crippen molar-refractivity contribution in [1.82, 2.24) is 9.88 Å². The van der Waals surface area contributed by atoms with Crippen LogP contribution in [-0.2, 0) is 9.59 Å². The van der Waals surface area contributed by atoms with Crippen molar-refractivity contribution in [2.24, 2.45) is 5.41 Å². The van der Waals surface area contributed by atoms with E-state index in [2.05, 4.69) is 11.6 Å². The summed E-state index contributed by atoms with van der Waals surface area (Å²) in [6.45, 7) is 6.24. The number of pyridine rings is 1. The van der Waals surface area contributed by atoms with Crippen molar-refractivity contribution in [2.75, 3.05) is 13.7 Å². The summed E-state index contributed by atoms with van der Waals surface area (Å²) in [5, 5.41) is 9.24. The van der Waals surface area contributed by atoms with Gasteiger partial charge >= 0.3 is 5.97 Å². The van der Waals surface area contributed by atoms with Gasteiger partial charge in [0.25, 0.3) is 0 Å². The first kappa shape index (κ1) is 19.0. The zero-order valence-corrected chi connectivity index (χ0v) is 14.9. The summed E-state index contributed by atoms with van der Waals surface area (Å²) in [5.74, 6) is -0.457. The number of β-lactam (4-membered cyclic amide) rings is 1. The molecule has 6 nitrogen and oxygen atoms in total. The number of unbranched alkanes of at least 4 members (excludes halogenated alkanes) is 2. The highest BCUT2D eigenvalue weighted by molar-refractivity contribution is 5.89. The van der Waals surface area contributed by atoms with Gasteiger partial charge in [-0.15, -0.1) is 6.58 Å². The fourth-order valence-electron chi connectivity index (χ4n) is 3.30. The van der Waals surface area contributed by atoms with Crippen molar-refractivity contribution in [1.29, 1.82) is 0 Å². The summed E-state index contributed by atoms with van der Waals surface area (Å²) in [5.41, 5.74) is 0.322. The topological polar surface area (TPSA) is 79.7 Å². The lowest BCUT2D eigenvalue weighted by molar-refractivity contribution is -0.165. The molecule has 0 saturated carbocycles. The first-order chi connectivity index (χ1) is 11.9. The van der Waals surface area contributed by atoms with Crippen LogP contribution in [0.4, 0.5) is 0 Å². The fourth-order valence-corrected chi connectivity index (χ4v) is 3.30. The highest BCUT2D eigenvalue weighted by Crippen LogP contribution is 2.42. The molecule has 0 aromatic carbocycles. The first-order valence-electron chi connectivity index (χ1n) is 8.55. The molecule has 0 radical (unpaired) electrons. The predicted molar refractivity (Wildman–Crippen MR) is 94.3 cm³/mol. The van der Waals surface area contributed by atoms with E-state index in [0.717, 1.165) is 25.7 Å². The van der Waals surface area contributed by atoms with Crippen LogP contribution in [0.15, 0.2) is 31.0 Å². The Morgan fingerprint density at radius 2 is 2.28 bits per heavy atom. The summed E-state index contributed by atoms with van der Waals surface area (Å²) >= 11 is 0. The molecule has 0 aliphatic carbocycles. The zero-order valence-electron chi connectivity index (χ0n) is 14.9. The Kier molecular flexibility index (Phi) is 6.17. The van der Waals surface area contributed by atoms with E-state index in [9.17, 15) is 14.7 Å². The number of ether oxygens (including phenoxy) is 1. The summed E-state index contributed by atoms with van der Waals surface area (Å²) in [7, 11) is 1.52. The highest BCUT2D eigenvalue weighted by atomic mass is 16.5. The van der Waals surface area contributed by atoms with Crippen molar-refractivity contribution in [2.45, 2.75) is 45.1 Å². The summed E-state index contributed by atoms with van der Waals surface area (Å²) in [6.07, 6.45) is 7.09. The molecule has 0 bridgehead atoms. The third kappa shape index (κ3) is 4.38. The molecule has 1 saturated heterocycles. The molecule has 2 atom stereocenters. The Bertz CT molecular complexity index is 629. The number of likely N-dealkylation sites (tertiary alicyclic amines) is 1. The Labute approximate surface area is 148 Å². The number of carboxylic acids is 1. The average Bonchev–Trinajstić information content (AvgIpc) is 2.61. The number of hydrogen-bond acceptors (Lipinski definition) is 4. The van der Waals surface area contributed by atoms with Gasteiger partial charge in [-0.1, -0.05) is 18.6 Å².